The van der Waals surface area contributed by atoms with Crippen LogP contribution < -0.4 is 4.74 Å². The first-order chi connectivity index (χ1) is 11.2. The molecule has 1 atom stereocenters. The quantitative estimate of drug-likeness (QED) is 0.603. The summed E-state index contributed by atoms with van der Waals surface area (Å²) in [5, 5.41) is 10.2. The number of unbranched alkanes of at least 4 members (excludes halogenated alkanes) is 2. The van der Waals surface area contributed by atoms with E-state index in [0.29, 0.717) is 19.8 Å². The fourth-order valence-corrected chi connectivity index (χ4v) is 2.48. The van der Waals surface area contributed by atoms with Crippen molar-refractivity contribution in [1.29, 1.82) is 0 Å². The fourth-order valence-electron chi connectivity index (χ4n) is 2.48. The van der Waals surface area contributed by atoms with Gasteiger partial charge >= 0.3 is 0 Å². The lowest BCUT2D eigenvalue weighted by Crippen LogP contribution is -2.36. The fraction of sp³-hybridized carbons (Fsp3) is 0.684. The van der Waals surface area contributed by atoms with Crippen LogP contribution in [0.3, 0.4) is 0 Å². The summed E-state index contributed by atoms with van der Waals surface area (Å²) in [7, 11) is 1.66. The Hall–Kier alpha value is -1.10. The average Bonchev–Trinajstić information content (AvgIpc) is 2.57. The number of ether oxygens (including phenoxy) is 2. The summed E-state index contributed by atoms with van der Waals surface area (Å²) in [6.45, 7) is 8.08. The molecule has 0 aliphatic heterocycles. The molecule has 0 spiro atoms. The van der Waals surface area contributed by atoms with E-state index >= 15 is 0 Å². The zero-order valence-electron chi connectivity index (χ0n) is 15.0. The van der Waals surface area contributed by atoms with E-state index in [-0.39, 0.29) is 0 Å². The summed E-state index contributed by atoms with van der Waals surface area (Å²) < 4.78 is 10.9. The van der Waals surface area contributed by atoms with E-state index in [9.17, 15) is 5.11 Å². The first-order valence-corrected chi connectivity index (χ1v) is 8.80. The van der Waals surface area contributed by atoms with Crippen LogP contribution in [0.4, 0.5) is 0 Å². The largest absolute Gasteiger partial charge is 0.497 e. The second kappa shape index (κ2) is 12.3. The molecule has 1 aromatic carbocycles. The monoisotopic (exact) mass is 323 g/mol. The Balaban J connectivity index is 2.31. The molecule has 0 aliphatic carbocycles. The summed E-state index contributed by atoms with van der Waals surface area (Å²) in [6.07, 6.45) is 4.30. The van der Waals surface area contributed by atoms with Crippen LogP contribution in [-0.4, -0.2) is 49.5 Å². The zero-order chi connectivity index (χ0) is 16.9. The van der Waals surface area contributed by atoms with E-state index < -0.39 is 6.10 Å². The molecule has 0 saturated heterocycles. The third-order valence-corrected chi connectivity index (χ3v) is 3.84. The van der Waals surface area contributed by atoms with Crippen molar-refractivity contribution in [2.45, 2.75) is 52.2 Å². The van der Waals surface area contributed by atoms with Gasteiger partial charge in [-0.15, -0.1) is 0 Å². The molecule has 0 heterocycles. The normalized spacial score (nSPS) is 12.6. The van der Waals surface area contributed by atoms with Crippen LogP contribution in [0.25, 0.3) is 0 Å². The van der Waals surface area contributed by atoms with Crippen molar-refractivity contribution in [1.82, 2.24) is 4.90 Å². The molecule has 4 nitrogen and oxygen atoms in total. The van der Waals surface area contributed by atoms with Crippen molar-refractivity contribution in [3.8, 4) is 5.75 Å². The van der Waals surface area contributed by atoms with E-state index in [0.717, 1.165) is 24.4 Å². The van der Waals surface area contributed by atoms with Crippen molar-refractivity contribution in [3.05, 3.63) is 29.8 Å². The van der Waals surface area contributed by atoms with Gasteiger partial charge in [-0.3, -0.25) is 0 Å². The maximum Gasteiger partial charge on any atom is 0.119 e. The van der Waals surface area contributed by atoms with Gasteiger partial charge in [-0.05, 0) is 43.6 Å². The molecule has 1 aromatic rings. The standard InChI is InChI=1S/C19H33NO3/c1-4-6-11-20(12-7-5-2)14-18(21)16-23-15-17-9-8-10-19(13-17)22-3/h8-10,13,18,21H,4-7,11-12,14-16H2,1-3H3. The number of aliphatic hydroxyl groups is 1. The number of benzene rings is 1. The van der Waals surface area contributed by atoms with Crippen molar-refractivity contribution < 1.29 is 14.6 Å². The first kappa shape index (κ1) is 19.9. The highest BCUT2D eigenvalue weighted by Crippen LogP contribution is 2.13. The topological polar surface area (TPSA) is 41.9 Å². The van der Waals surface area contributed by atoms with E-state index in [2.05, 4.69) is 18.7 Å². The van der Waals surface area contributed by atoms with Gasteiger partial charge in [-0.1, -0.05) is 38.8 Å². The summed E-state index contributed by atoms with van der Waals surface area (Å²) in [5.41, 5.74) is 1.06. The molecule has 1 unspecified atom stereocenters. The van der Waals surface area contributed by atoms with Gasteiger partial charge in [0.05, 0.1) is 26.4 Å². The SMILES string of the molecule is CCCCN(CCCC)CC(O)COCc1cccc(OC)c1. The summed E-state index contributed by atoms with van der Waals surface area (Å²) in [6, 6.07) is 7.83. The molecule has 1 N–H and O–H groups in total. The van der Waals surface area contributed by atoms with E-state index in [1.807, 2.05) is 24.3 Å². The maximum absolute atomic E-state index is 10.2. The lowest BCUT2D eigenvalue weighted by molar-refractivity contribution is 0.00946. The third kappa shape index (κ3) is 8.94. The molecule has 23 heavy (non-hydrogen) atoms. The molecular weight excluding hydrogens is 290 g/mol. The summed E-state index contributed by atoms with van der Waals surface area (Å²) in [4.78, 5) is 2.35. The van der Waals surface area contributed by atoms with Crippen LogP contribution in [0, 0.1) is 0 Å². The van der Waals surface area contributed by atoms with Crippen LogP contribution in [0.1, 0.15) is 45.1 Å². The van der Waals surface area contributed by atoms with Crippen molar-refractivity contribution in [2.75, 3.05) is 33.4 Å². The average molecular weight is 323 g/mol. The molecule has 4 heteroatoms. The lowest BCUT2D eigenvalue weighted by Gasteiger charge is -2.24. The second-order valence-corrected chi connectivity index (χ2v) is 6.03. The molecule has 0 fully saturated rings. The molecule has 0 aromatic heterocycles. The van der Waals surface area contributed by atoms with Gasteiger partial charge in [-0.2, -0.15) is 0 Å². The Morgan fingerprint density at radius 3 is 2.43 bits per heavy atom. The molecule has 0 aliphatic rings. The van der Waals surface area contributed by atoms with Gasteiger partial charge in [0, 0.05) is 6.54 Å². The second-order valence-electron chi connectivity index (χ2n) is 6.03. The van der Waals surface area contributed by atoms with Crippen molar-refractivity contribution >= 4 is 0 Å². The number of aliphatic hydroxyl groups excluding tert-OH is 1. The Bertz CT molecular complexity index is 403. The van der Waals surface area contributed by atoms with E-state index in [4.69, 9.17) is 9.47 Å². The van der Waals surface area contributed by atoms with Crippen LogP contribution in [0.2, 0.25) is 0 Å². The number of hydrogen-bond acceptors (Lipinski definition) is 4. The van der Waals surface area contributed by atoms with Gasteiger partial charge in [-0.25, -0.2) is 0 Å². The van der Waals surface area contributed by atoms with Crippen LogP contribution >= 0.6 is 0 Å². The zero-order valence-corrected chi connectivity index (χ0v) is 15.0. The molecule has 132 valence electrons. The highest BCUT2D eigenvalue weighted by Gasteiger charge is 2.11. The molecule has 0 bridgehead atoms. The molecule has 0 saturated carbocycles. The van der Waals surface area contributed by atoms with Crippen LogP contribution in [0.15, 0.2) is 24.3 Å². The van der Waals surface area contributed by atoms with Crippen LogP contribution in [-0.2, 0) is 11.3 Å². The minimum atomic E-state index is -0.436. The van der Waals surface area contributed by atoms with Crippen molar-refractivity contribution in [2.24, 2.45) is 0 Å². The molecular formula is C19H33NO3. The first-order valence-electron chi connectivity index (χ1n) is 8.80. The van der Waals surface area contributed by atoms with Crippen LogP contribution in [0.5, 0.6) is 5.75 Å². The highest BCUT2D eigenvalue weighted by molar-refractivity contribution is 5.27. The van der Waals surface area contributed by atoms with Gasteiger partial charge in [0.15, 0.2) is 0 Å². The molecule has 0 amide bonds. The van der Waals surface area contributed by atoms with E-state index in [1.165, 1.54) is 25.7 Å². The maximum atomic E-state index is 10.2. The molecule has 1 rings (SSSR count). The molecule has 0 radical (unpaired) electrons. The predicted octanol–water partition coefficient (Wildman–Crippen LogP) is 3.47. The number of hydrogen-bond donors (Lipinski definition) is 1. The Labute approximate surface area is 141 Å². The minimum Gasteiger partial charge on any atom is -0.497 e. The highest BCUT2D eigenvalue weighted by atomic mass is 16.5. The Morgan fingerprint density at radius 2 is 1.83 bits per heavy atom. The Morgan fingerprint density at radius 1 is 1.13 bits per heavy atom. The number of rotatable bonds is 13. The summed E-state index contributed by atoms with van der Waals surface area (Å²) in [5.74, 6) is 0.831. The van der Waals surface area contributed by atoms with E-state index in [1.54, 1.807) is 7.11 Å². The van der Waals surface area contributed by atoms with Gasteiger partial charge in [0.1, 0.15) is 5.75 Å². The minimum absolute atomic E-state index is 0.367. The van der Waals surface area contributed by atoms with Crippen molar-refractivity contribution in [3.63, 3.8) is 0 Å². The lowest BCUT2D eigenvalue weighted by atomic mass is 10.2. The smallest absolute Gasteiger partial charge is 0.119 e. The van der Waals surface area contributed by atoms with Gasteiger partial charge in [0.2, 0.25) is 0 Å². The van der Waals surface area contributed by atoms with Gasteiger partial charge in [0.25, 0.3) is 0 Å². The summed E-state index contributed by atoms with van der Waals surface area (Å²) >= 11 is 0. The predicted molar refractivity (Wildman–Crippen MR) is 94.9 cm³/mol. The Kier molecular flexibility index (Phi) is 10.7. The number of methoxy groups -OCH3 is 1. The third-order valence-electron chi connectivity index (χ3n) is 3.84. The number of nitrogens with zero attached hydrogens (tertiary/aromatic N) is 1. The van der Waals surface area contributed by atoms with Gasteiger partial charge < -0.3 is 19.5 Å².